The summed E-state index contributed by atoms with van der Waals surface area (Å²) in [5, 5.41) is 6.14. The van der Waals surface area contributed by atoms with Gasteiger partial charge in [0.05, 0.1) is 0 Å². The van der Waals surface area contributed by atoms with Crippen molar-refractivity contribution in [3.8, 4) is 0 Å². The zero-order chi connectivity index (χ0) is 12.5. The fraction of sp³-hybridized carbons (Fsp3) is 0.0769. The van der Waals surface area contributed by atoms with Gasteiger partial charge in [-0.05, 0) is 0 Å². The van der Waals surface area contributed by atoms with E-state index in [0.29, 0.717) is 0 Å². The van der Waals surface area contributed by atoms with Gasteiger partial charge in [-0.3, -0.25) is 0 Å². The molecule has 0 N–H and O–H groups in total. The van der Waals surface area contributed by atoms with Gasteiger partial charge in [0.25, 0.3) is 0 Å². The zero-order valence-electron chi connectivity index (χ0n) is 9.66. The van der Waals surface area contributed by atoms with Gasteiger partial charge >= 0.3 is 113 Å². The molecule has 1 atom stereocenters. The number of hydrogen-bond donors (Lipinski definition) is 0. The molecule has 0 saturated heterocycles. The summed E-state index contributed by atoms with van der Waals surface area (Å²) >= 11 is -0.119. The average molecular weight is 321 g/mol. The van der Waals surface area contributed by atoms with Crippen LogP contribution >= 0.6 is 0 Å². The van der Waals surface area contributed by atoms with Gasteiger partial charge in [-0.2, -0.15) is 0 Å². The van der Waals surface area contributed by atoms with Gasteiger partial charge in [-0.25, -0.2) is 0 Å². The Morgan fingerprint density at radius 3 is 2.67 bits per heavy atom. The molecule has 18 heavy (non-hydrogen) atoms. The first-order valence-electron chi connectivity index (χ1n) is 5.46. The van der Waals surface area contributed by atoms with Gasteiger partial charge in [0.15, 0.2) is 0 Å². The van der Waals surface area contributed by atoms with E-state index in [1.807, 2.05) is 49.4 Å². The topological polar surface area (TPSA) is 42.9 Å². The summed E-state index contributed by atoms with van der Waals surface area (Å²) in [6.07, 6.45) is 0. The maximum atomic E-state index is 12.6. The molecule has 0 aliphatic rings. The van der Waals surface area contributed by atoms with Crippen LogP contribution in [0.25, 0.3) is 10.8 Å². The number of aromatic nitrogens is 2. The van der Waals surface area contributed by atoms with Crippen molar-refractivity contribution in [2.45, 2.75) is 15.6 Å². The quantitative estimate of drug-likeness (QED) is 0.679. The monoisotopic (exact) mass is 322 g/mol. The molecule has 1 unspecified atom stereocenters. The summed E-state index contributed by atoms with van der Waals surface area (Å²) in [5.74, 6) is 0. The molecule has 3 nitrogen and oxygen atoms in total. The summed E-state index contributed by atoms with van der Waals surface area (Å²) in [4.78, 5) is 0.858. The molecule has 0 saturated carbocycles. The first-order chi connectivity index (χ1) is 8.77. The van der Waals surface area contributed by atoms with Gasteiger partial charge in [-0.15, -0.1) is 0 Å². The first-order valence-corrected chi connectivity index (χ1v) is 8.23. The van der Waals surface area contributed by atoms with E-state index in [9.17, 15) is 4.21 Å². The number of rotatable bonds is 2. The summed E-state index contributed by atoms with van der Waals surface area (Å²) in [5.41, 5.74) is 0.807. The Balaban J connectivity index is 2.21. The van der Waals surface area contributed by atoms with Crippen molar-refractivity contribution in [1.82, 2.24) is 9.19 Å². The van der Waals surface area contributed by atoms with Crippen molar-refractivity contribution >= 4 is 36.3 Å². The van der Waals surface area contributed by atoms with E-state index in [1.165, 1.54) is 0 Å². The number of hydrogen-bond acceptors (Lipinski definition) is 3. The summed E-state index contributed by atoms with van der Waals surface area (Å²) in [6, 6.07) is 13.9. The molecular weight excluding hydrogens is 311 g/mol. The van der Waals surface area contributed by atoms with Crippen molar-refractivity contribution < 1.29 is 4.21 Å². The molecule has 0 aliphatic carbocycles. The molecule has 3 aromatic rings. The SMILES string of the molecule is Cc1nn[se]c1S(=O)c1cccc2ccccc12. The molecule has 2 aromatic carbocycles. The van der Waals surface area contributed by atoms with Crippen LogP contribution in [0.1, 0.15) is 5.69 Å². The molecule has 1 aromatic heterocycles. The average Bonchev–Trinajstić information content (AvgIpc) is 2.83. The summed E-state index contributed by atoms with van der Waals surface area (Å²) in [7, 11) is -1.14. The molecule has 90 valence electrons. The number of aryl methyl sites for hydroxylation is 1. The third-order valence-electron chi connectivity index (χ3n) is 2.73. The Morgan fingerprint density at radius 2 is 1.89 bits per heavy atom. The zero-order valence-corrected chi connectivity index (χ0v) is 12.2. The molecular formula is C13H10N2OSSe. The Kier molecular flexibility index (Phi) is 3.12. The van der Waals surface area contributed by atoms with Crippen LogP contribution < -0.4 is 0 Å². The van der Waals surface area contributed by atoms with E-state index in [-0.39, 0.29) is 14.7 Å². The minimum absolute atomic E-state index is 0.119. The summed E-state index contributed by atoms with van der Waals surface area (Å²) < 4.78 is 17.5. The molecule has 0 radical (unpaired) electrons. The molecule has 3 rings (SSSR count). The van der Waals surface area contributed by atoms with Crippen LogP contribution in [0, 0.1) is 6.92 Å². The second-order valence-corrected chi connectivity index (χ2v) is 7.44. The number of benzene rings is 2. The van der Waals surface area contributed by atoms with Gasteiger partial charge in [0.1, 0.15) is 0 Å². The van der Waals surface area contributed by atoms with E-state index in [4.69, 9.17) is 0 Å². The predicted molar refractivity (Wildman–Crippen MR) is 72.3 cm³/mol. The first kappa shape index (κ1) is 11.8. The fourth-order valence-electron chi connectivity index (χ4n) is 1.85. The minimum atomic E-state index is -1.14. The molecule has 0 amide bonds. The number of fused-ring (bicyclic) bond motifs is 1. The Labute approximate surface area is 113 Å². The predicted octanol–water partition coefficient (Wildman–Crippen LogP) is 2.16. The van der Waals surface area contributed by atoms with E-state index in [1.54, 1.807) is 0 Å². The Hall–Kier alpha value is -1.29. The van der Waals surface area contributed by atoms with E-state index in [2.05, 4.69) is 9.19 Å². The van der Waals surface area contributed by atoms with Crippen LogP contribution in [0.3, 0.4) is 0 Å². The van der Waals surface area contributed by atoms with Gasteiger partial charge in [0, 0.05) is 0 Å². The Morgan fingerprint density at radius 1 is 1.11 bits per heavy atom. The molecule has 0 spiro atoms. The summed E-state index contributed by atoms with van der Waals surface area (Å²) in [6.45, 7) is 1.87. The Bertz CT molecular complexity index is 733. The molecule has 0 aliphatic heterocycles. The normalized spacial score (nSPS) is 12.7. The molecule has 5 heteroatoms. The van der Waals surface area contributed by atoms with E-state index in [0.717, 1.165) is 25.1 Å². The van der Waals surface area contributed by atoms with Crippen molar-refractivity contribution in [3.05, 3.63) is 48.2 Å². The van der Waals surface area contributed by atoms with Crippen molar-refractivity contribution in [1.29, 1.82) is 0 Å². The van der Waals surface area contributed by atoms with Crippen molar-refractivity contribution in [2.75, 3.05) is 0 Å². The van der Waals surface area contributed by atoms with Crippen LogP contribution in [0.15, 0.2) is 51.1 Å². The van der Waals surface area contributed by atoms with Crippen molar-refractivity contribution in [2.24, 2.45) is 0 Å². The molecule has 1 heterocycles. The fourth-order valence-corrected chi connectivity index (χ4v) is 5.04. The van der Waals surface area contributed by atoms with Gasteiger partial charge in [-0.1, -0.05) is 0 Å². The maximum absolute atomic E-state index is 12.6. The van der Waals surface area contributed by atoms with Crippen LogP contribution in [-0.4, -0.2) is 28.1 Å². The standard InChI is InChI=1S/C13H10N2OSSe/c1-9-13(18-15-14-9)17(16)12-8-4-6-10-5-2-3-7-11(10)12/h2-8H,1H3. The second-order valence-electron chi connectivity index (χ2n) is 3.89. The third-order valence-corrected chi connectivity index (χ3v) is 6.77. The van der Waals surface area contributed by atoms with Crippen LogP contribution in [0.4, 0.5) is 0 Å². The van der Waals surface area contributed by atoms with Crippen molar-refractivity contribution in [3.63, 3.8) is 0 Å². The number of nitrogens with zero attached hydrogens (tertiary/aromatic N) is 2. The van der Waals surface area contributed by atoms with Gasteiger partial charge < -0.3 is 0 Å². The van der Waals surface area contributed by atoms with Crippen LogP contribution in [-0.2, 0) is 10.8 Å². The second kappa shape index (κ2) is 4.76. The van der Waals surface area contributed by atoms with E-state index < -0.39 is 10.8 Å². The van der Waals surface area contributed by atoms with Crippen LogP contribution in [0.5, 0.6) is 0 Å². The molecule has 0 bridgehead atoms. The van der Waals surface area contributed by atoms with Gasteiger partial charge in [0.2, 0.25) is 0 Å². The van der Waals surface area contributed by atoms with Crippen LogP contribution in [0.2, 0.25) is 0 Å². The van der Waals surface area contributed by atoms with E-state index >= 15 is 0 Å². The molecule has 0 fully saturated rings. The third kappa shape index (κ3) is 1.94.